The molecular weight excluding hydrogens is 392 g/mol. The molecule has 2 heterocycles. The highest BCUT2D eigenvalue weighted by Crippen LogP contribution is 2.50. The van der Waals surface area contributed by atoms with Gasteiger partial charge in [0.2, 0.25) is 11.8 Å². The van der Waals surface area contributed by atoms with Gasteiger partial charge in [0.05, 0.1) is 11.4 Å². The molecule has 0 N–H and O–H groups in total. The van der Waals surface area contributed by atoms with E-state index in [1.54, 1.807) is 22.0 Å². The number of amides is 2. The highest BCUT2D eigenvalue weighted by atomic mass is 16.5. The van der Waals surface area contributed by atoms with E-state index in [9.17, 15) is 9.59 Å². The largest absolute Gasteiger partial charge is 0.487 e. The molecule has 0 atom stereocenters. The van der Waals surface area contributed by atoms with Crippen LogP contribution in [0.2, 0.25) is 0 Å². The summed E-state index contributed by atoms with van der Waals surface area (Å²) in [6.07, 6.45) is 5.13. The van der Waals surface area contributed by atoms with Crippen molar-refractivity contribution in [3.63, 3.8) is 0 Å². The van der Waals surface area contributed by atoms with Crippen LogP contribution in [0.25, 0.3) is 0 Å². The predicted octanol–water partition coefficient (Wildman–Crippen LogP) is 4.47. The van der Waals surface area contributed by atoms with E-state index < -0.39 is 5.66 Å². The molecule has 160 valence electrons. The fourth-order valence-electron chi connectivity index (χ4n) is 4.52. The van der Waals surface area contributed by atoms with Crippen LogP contribution in [0.1, 0.15) is 25.7 Å². The normalized spacial score (nSPS) is 17.3. The number of carbonyl (C=O) groups excluding carboxylic acids is 2. The van der Waals surface area contributed by atoms with Gasteiger partial charge in [0.15, 0.2) is 0 Å². The molecule has 4 rings (SSSR count). The fourth-order valence-corrected chi connectivity index (χ4v) is 4.52. The molecule has 1 spiro atoms. The molecule has 2 aromatic rings. The first kappa shape index (κ1) is 20.7. The number of benzene rings is 2. The van der Waals surface area contributed by atoms with Crippen molar-refractivity contribution in [2.45, 2.75) is 31.3 Å². The van der Waals surface area contributed by atoms with Crippen LogP contribution in [0, 0.1) is 0 Å². The molecule has 2 aliphatic rings. The van der Waals surface area contributed by atoms with Crippen LogP contribution in [0.5, 0.6) is 11.5 Å². The molecule has 6 nitrogen and oxygen atoms in total. The maximum atomic E-state index is 13.2. The number of ether oxygens (including phenoxy) is 2. The third-order valence-corrected chi connectivity index (χ3v) is 5.74. The van der Waals surface area contributed by atoms with E-state index >= 15 is 0 Å². The Hall–Kier alpha value is -3.54. The standard InChI is InChI=1S/C25H26N2O4/c1-3-17-30-21-11-7-5-9-19(21)26-23(28)13-15-25(26)16-14-24(29)27(25)20-10-6-8-12-22(20)31-18-4-2/h3-12H,1-2,13-18H2. The summed E-state index contributed by atoms with van der Waals surface area (Å²) >= 11 is 0. The molecular formula is C25H26N2O4. The van der Waals surface area contributed by atoms with Crippen molar-refractivity contribution < 1.29 is 19.1 Å². The lowest BCUT2D eigenvalue weighted by Crippen LogP contribution is -2.57. The fraction of sp³-hybridized carbons (Fsp3) is 0.280. The van der Waals surface area contributed by atoms with Gasteiger partial charge in [-0.05, 0) is 37.1 Å². The maximum absolute atomic E-state index is 13.2. The van der Waals surface area contributed by atoms with E-state index in [2.05, 4.69) is 13.2 Å². The quantitative estimate of drug-likeness (QED) is 0.594. The van der Waals surface area contributed by atoms with E-state index in [1.807, 2.05) is 48.5 Å². The second kappa shape index (κ2) is 8.68. The van der Waals surface area contributed by atoms with E-state index in [1.165, 1.54) is 0 Å². The average Bonchev–Trinajstić information content (AvgIpc) is 3.30. The minimum Gasteiger partial charge on any atom is -0.487 e. The van der Waals surface area contributed by atoms with Crippen molar-refractivity contribution in [2.24, 2.45) is 0 Å². The molecule has 2 amide bonds. The van der Waals surface area contributed by atoms with Gasteiger partial charge in [-0.3, -0.25) is 19.4 Å². The minimum absolute atomic E-state index is 0.0288. The monoisotopic (exact) mass is 418 g/mol. The van der Waals surface area contributed by atoms with Crippen LogP contribution in [0.15, 0.2) is 73.8 Å². The SMILES string of the molecule is C=CCOc1ccccc1N1C(=O)CCC12CCC(=O)N2c1ccccc1OCC=C. The van der Waals surface area contributed by atoms with Gasteiger partial charge in [0.1, 0.15) is 30.4 Å². The number of nitrogens with zero attached hydrogens (tertiary/aromatic N) is 2. The second-order valence-electron chi connectivity index (χ2n) is 7.58. The van der Waals surface area contributed by atoms with Gasteiger partial charge in [0, 0.05) is 12.8 Å². The third kappa shape index (κ3) is 3.58. The van der Waals surface area contributed by atoms with E-state index in [-0.39, 0.29) is 11.8 Å². The lowest BCUT2D eigenvalue weighted by Gasteiger charge is -2.43. The van der Waals surface area contributed by atoms with Crippen LogP contribution in [0.3, 0.4) is 0 Å². The number of para-hydroxylation sites is 4. The highest BCUT2D eigenvalue weighted by Gasteiger charge is 2.57. The molecule has 0 aromatic heterocycles. The third-order valence-electron chi connectivity index (χ3n) is 5.74. The van der Waals surface area contributed by atoms with Crippen LogP contribution in [-0.2, 0) is 9.59 Å². The van der Waals surface area contributed by atoms with Crippen molar-refractivity contribution >= 4 is 23.2 Å². The molecule has 0 radical (unpaired) electrons. The van der Waals surface area contributed by atoms with Gasteiger partial charge in [-0.25, -0.2) is 0 Å². The Balaban J connectivity index is 1.82. The topological polar surface area (TPSA) is 59.1 Å². The zero-order valence-electron chi connectivity index (χ0n) is 17.5. The van der Waals surface area contributed by atoms with Gasteiger partial charge in [-0.1, -0.05) is 49.6 Å². The number of rotatable bonds is 8. The van der Waals surface area contributed by atoms with Crippen molar-refractivity contribution in [3.8, 4) is 11.5 Å². The Morgan fingerprint density at radius 2 is 1.19 bits per heavy atom. The molecule has 2 aliphatic heterocycles. The number of carbonyl (C=O) groups is 2. The Morgan fingerprint density at radius 1 is 0.774 bits per heavy atom. The smallest absolute Gasteiger partial charge is 0.229 e. The molecule has 0 saturated carbocycles. The van der Waals surface area contributed by atoms with Crippen molar-refractivity contribution in [1.29, 1.82) is 0 Å². The predicted molar refractivity (Wildman–Crippen MR) is 120 cm³/mol. The van der Waals surface area contributed by atoms with Crippen molar-refractivity contribution in [1.82, 2.24) is 0 Å². The summed E-state index contributed by atoms with van der Waals surface area (Å²) in [6, 6.07) is 14.9. The van der Waals surface area contributed by atoms with Crippen LogP contribution < -0.4 is 19.3 Å². The molecule has 0 aliphatic carbocycles. The second-order valence-corrected chi connectivity index (χ2v) is 7.58. The first-order valence-electron chi connectivity index (χ1n) is 10.4. The molecule has 2 fully saturated rings. The molecule has 2 saturated heterocycles. The Morgan fingerprint density at radius 3 is 1.61 bits per heavy atom. The first-order valence-corrected chi connectivity index (χ1v) is 10.4. The van der Waals surface area contributed by atoms with Crippen LogP contribution >= 0.6 is 0 Å². The maximum Gasteiger partial charge on any atom is 0.229 e. The van der Waals surface area contributed by atoms with E-state index in [0.717, 1.165) is 0 Å². The molecule has 0 unspecified atom stereocenters. The molecule has 6 heteroatoms. The number of anilines is 2. The zero-order valence-corrected chi connectivity index (χ0v) is 17.5. The summed E-state index contributed by atoms with van der Waals surface area (Å²) in [7, 11) is 0. The van der Waals surface area contributed by atoms with Gasteiger partial charge >= 0.3 is 0 Å². The summed E-state index contributed by atoms with van der Waals surface area (Å²) in [4.78, 5) is 29.8. The molecule has 2 aromatic carbocycles. The van der Waals surface area contributed by atoms with Gasteiger partial charge in [-0.15, -0.1) is 0 Å². The van der Waals surface area contributed by atoms with Crippen molar-refractivity contribution in [2.75, 3.05) is 23.0 Å². The summed E-state index contributed by atoms with van der Waals surface area (Å²) in [5.74, 6) is 1.12. The van der Waals surface area contributed by atoms with Crippen LogP contribution in [-0.4, -0.2) is 30.7 Å². The molecule has 31 heavy (non-hydrogen) atoms. The minimum atomic E-state index is -0.796. The lowest BCUT2D eigenvalue weighted by molar-refractivity contribution is -0.117. The summed E-state index contributed by atoms with van der Waals surface area (Å²) in [5, 5.41) is 0. The van der Waals surface area contributed by atoms with Gasteiger partial charge < -0.3 is 9.47 Å². The van der Waals surface area contributed by atoms with E-state index in [0.29, 0.717) is 61.8 Å². The first-order chi connectivity index (χ1) is 15.1. The van der Waals surface area contributed by atoms with E-state index in [4.69, 9.17) is 9.47 Å². The summed E-state index contributed by atoms with van der Waals surface area (Å²) < 4.78 is 11.7. The van der Waals surface area contributed by atoms with Gasteiger partial charge in [0.25, 0.3) is 0 Å². The summed E-state index contributed by atoms with van der Waals surface area (Å²) in [5.41, 5.74) is 0.530. The van der Waals surface area contributed by atoms with Gasteiger partial charge in [-0.2, -0.15) is 0 Å². The highest BCUT2D eigenvalue weighted by molar-refractivity contribution is 6.06. The van der Waals surface area contributed by atoms with Crippen molar-refractivity contribution in [3.05, 3.63) is 73.8 Å². The number of hydrogen-bond acceptors (Lipinski definition) is 4. The Bertz CT molecular complexity index is 935. The summed E-state index contributed by atoms with van der Waals surface area (Å²) in [6.45, 7) is 8.06. The van der Waals surface area contributed by atoms with Crippen LogP contribution in [0.4, 0.5) is 11.4 Å². The number of hydrogen-bond donors (Lipinski definition) is 0. The molecule has 0 bridgehead atoms. The Kier molecular flexibility index (Phi) is 5.80. The zero-order chi connectivity index (χ0) is 21.8. The Labute approximate surface area is 182 Å². The lowest BCUT2D eigenvalue weighted by atomic mass is 10.0. The average molecular weight is 418 g/mol.